The second kappa shape index (κ2) is 12.3. The summed E-state index contributed by atoms with van der Waals surface area (Å²) >= 11 is 0. The number of nitrogens with one attached hydrogen (secondary N) is 1. The van der Waals surface area contributed by atoms with Gasteiger partial charge in [-0.1, -0.05) is 26.2 Å². The molecule has 1 amide bonds. The molecule has 1 aromatic heterocycles. The molecule has 1 heterocycles. The molecule has 32 heavy (non-hydrogen) atoms. The number of hydrogen-bond donors (Lipinski definition) is 1. The smallest absolute Gasteiger partial charge is 0.305 e. The highest BCUT2D eigenvalue weighted by Crippen LogP contribution is 2.23. The first-order valence-corrected chi connectivity index (χ1v) is 11.8. The number of aromatic amines is 1. The number of esters is 1. The van der Waals surface area contributed by atoms with Crippen LogP contribution in [0.2, 0.25) is 0 Å². The Bertz CT molecular complexity index is 949. The average molecular weight is 443 g/mol. The Morgan fingerprint density at radius 1 is 1.06 bits per heavy atom. The van der Waals surface area contributed by atoms with Crippen LogP contribution in [0.4, 0.5) is 0 Å². The number of aromatic nitrogens is 1. The second-order valence-corrected chi connectivity index (χ2v) is 8.37. The number of fused-ring (bicyclic) bond motifs is 1. The highest BCUT2D eigenvalue weighted by molar-refractivity contribution is 5.79. The molecule has 1 aromatic carbocycles. The van der Waals surface area contributed by atoms with E-state index in [2.05, 4.69) is 4.98 Å². The molecule has 0 bridgehead atoms. The molecule has 0 radical (unpaired) electrons. The number of amides is 1. The fraction of sp³-hybridized carbons (Fsp3) is 0.560. The lowest BCUT2D eigenvalue weighted by Gasteiger charge is -2.34. The van der Waals surface area contributed by atoms with Crippen molar-refractivity contribution in [2.24, 2.45) is 0 Å². The molecule has 174 valence electrons. The Hall–Kier alpha value is -2.83. The third kappa shape index (κ3) is 7.11. The van der Waals surface area contributed by atoms with Crippen molar-refractivity contribution in [3.63, 3.8) is 0 Å². The van der Waals surface area contributed by atoms with E-state index >= 15 is 0 Å². The van der Waals surface area contributed by atoms with Crippen molar-refractivity contribution in [1.29, 1.82) is 0 Å². The fourth-order valence-electron chi connectivity index (χ4n) is 4.22. The van der Waals surface area contributed by atoms with E-state index in [0.29, 0.717) is 38.2 Å². The molecule has 0 unspecified atom stereocenters. The van der Waals surface area contributed by atoms with Gasteiger partial charge in [0.2, 0.25) is 11.5 Å². The first-order valence-electron chi connectivity index (χ1n) is 11.8. The Balaban J connectivity index is 1.48. The van der Waals surface area contributed by atoms with E-state index in [1.165, 1.54) is 12.5 Å². The lowest BCUT2D eigenvalue weighted by Crippen LogP contribution is -2.43. The predicted octanol–water partition coefficient (Wildman–Crippen LogP) is 4.19. The molecule has 1 aliphatic rings. The minimum atomic E-state index is -0.198. The summed E-state index contributed by atoms with van der Waals surface area (Å²) in [5.74, 6) is 0.614. The lowest BCUT2D eigenvalue weighted by atomic mass is 9.94. The maximum atomic E-state index is 13.0. The SMILES string of the molecule is CCCC(=O)OCCN(C(=O)CCCOc1ccc2[nH]c(=O)ccc2c1)C1CCCCC1. The van der Waals surface area contributed by atoms with Crippen LogP contribution < -0.4 is 10.3 Å². The molecule has 1 aliphatic carbocycles. The van der Waals surface area contributed by atoms with E-state index in [0.717, 1.165) is 43.0 Å². The summed E-state index contributed by atoms with van der Waals surface area (Å²) in [4.78, 5) is 40.7. The number of carbonyl (C=O) groups is 2. The summed E-state index contributed by atoms with van der Waals surface area (Å²) in [5.41, 5.74) is 0.634. The number of carbonyl (C=O) groups excluding carboxylic acids is 2. The maximum absolute atomic E-state index is 13.0. The van der Waals surface area contributed by atoms with Crippen LogP contribution in [0.15, 0.2) is 35.1 Å². The van der Waals surface area contributed by atoms with E-state index in [1.807, 2.05) is 30.0 Å². The van der Waals surface area contributed by atoms with Gasteiger partial charge in [0, 0.05) is 35.9 Å². The van der Waals surface area contributed by atoms with Gasteiger partial charge in [-0.2, -0.15) is 0 Å². The fourth-order valence-corrected chi connectivity index (χ4v) is 4.22. The van der Waals surface area contributed by atoms with Gasteiger partial charge in [-0.3, -0.25) is 14.4 Å². The monoisotopic (exact) mass is 442 g/mol. The van der Waals surface area contributed by atoms with Crippen LogP contribution in [-0.2, 0) is 14.3 Å². The number of pyridine rings is 1. The standard InChI is InChI=1S/C25H34N2O5/c1-2-7-25(30)32-17-15-27(20-8-4-3-5-9-20)24(29)10-6-16-31-21-12-13-22-19(18-21)11-14-23(28)26-22/h11-14,18,20H,2-10,15-17H2,1H3,(H,26,28). The van der Waals surface area contributed by atoms with Gasteiger partial charge >= 0.3 is 5.97 Å². The van der Waals surface area contributed by atoms with Gasteiger partial charge in [0.25, 0.3) is 0 Å². The van der Waals surface area contributed by atoms with Crippen molar-refractivity contribution >= 4 is 22.8 Å². The van der Waals surface area contributed by atoms with Crippen LogP contribution in [0.3, 0.4) is 0 Å². The average Bonchev–Trinajstić information content (AvgIpc) is 2.80. The van der Waals surface area contributed by atoms with Gasteiger partial charge in [-0.25, -0.2) is 0 Å². The van der Waals surface area contributed by atoms with Crippen LogP contribution in [0, 0.1) is 0 Å². The Morgan fingerprint density at radius 3 is 2.66 bits per heavy atom. The summed E-state index contributed by atoms with van der Waals surface area (Å²) in [6.07, 6.45) is 7.73. The highest BCUT2D eigenvalue weighted by Gasteiger charge is 2.25. The first-order chi connectivity index (χ1) is 15.6. The minimum absolute atomic E-state index is 0.100. The molecule has 7 heteroatoms. The zero-order valence-corrected chi connectivity index (χ0v) is 18.9. The summed E-state index contributed by atoms with van der Waals surface area (Å²) in [6.45, 7) is 3.10. The van der Waals surface area contributed by atoms with Gasteiger partial charge in [-0.15, -0.1) is 0 Å². The third-order valence-corrected chi connectivity index (χ3v) is 5.88. The molecule has 1 N–H and O–H groups in total. The van der Waals surface area contributed by atoms with Crippen molar-refractivity contribution in [3.8, 4) is 5.75 Å². The molecule has 1 saturated carbocycles. The number of H-pyrrole nitrogens is 1. The molecular formula is C25H34N2O5. The number of rotatable bonds is 11. The van der Waals surface area contributed by atoms with Gasteiger partial charge in [0.05, 0.1) is 13.2 Å². The number of hydrogen-bond acceptors (Lipinski definition) is 5. The Labute approximate surface area is 189 Å². The normalized spacial score (nSPS) is 14.3. The molecular weight excluding hydrogens is 408 g/mol. The third-order valence-electron chi connectivity index (χ3n) is 5.88. The molecule has 0 aliphatic heterocycles. The molecule has 0 saturated heterocycles. The number of benzene rings is 1. The summed E-state index contributed by atoms with van der Waals surface area (Å²) in [7, 11) is 0. The lowest BCUT2D eigenvalue weighted by molar-refractivity contribution is -0.147. The van der Waals surface area contributed by atoms with Crippen molar-refractivity contribution in [2.45, 2.75) is 70.8 Å². The van der Waals surface area contributed by atoms with Gasteiger partial charge < -0.3 is 19.4 Å². The van der Waals surface area contributed by atoms with E-state index < -0.39 is 0 Å². The number of ether oxygens (including phenoxy) is 2. The van der Waals surface area contributed by atoms with Crippen LogP contribution in [0.25, 0.3) is 10.9 Å². The zero-order valence-electron chi connectivity index (χ0n) is 18.9. The quantitative estimate of drug-likeness (QED) is 0.416. The minimum Gasteiger partial charge on any atom is -0.494 e. The second-order valence-electron chi connectivity index (χ2n) is 8.37. The van der Waals surface area contributed by atoms with Crippen molar-refractivity contribution in [1.82, 2.24) is 9.88 Å². The molecule has 7 nitrogen and oxygen atoms in total. The summed E-state index contributed by atoms with van der Waals surface area (Å²) < 4.78 is 11.1. The molecule has 0 spiro atoms. The van der Waals surface area contributed by atoms with Crippen molar-refractivity contribution in [2.75, 3.05) is 19.8 Å². The summed E-state index contributed by atoms with van der Waals surface area (Å²) in [6, 6.07) is 9.02. The van der Waals surface area contributed by atoms with Crippen LogP contribution in [-0.4, -0.2) is 47.6 Å². The largest absolute Gasteiger partial charge is 0.494 e. The van der Waals surface area contributed by atoms with Crippen molar-refractivity contribution in [3.05, 3.63) is 40.7 Å². The first kappa shape index (κ1) is 23.8. The highest BCUT2D eigenvalue weighted by atomic mass is 16.5. The maximum Gasteiger partial charge on any atom is 0.305 e. The van der Waals surface area contributed by atoms with Gasteiger partial charge in [0.15, 0.2) is 0 Å². The van der Waals surface area contributed by atoms with E-state index in [1.54, 1.807) is 6.07 Å². The summed E-state index contributed by atoms with van der Waals surface area (Å²) in [5, 5.41) is 0.902. The molecule has 0 atom stereocenters. The zero-order chi connectivity index (χ0) is 22.8. The van der Waals surface area contributed by atoms with Crippen LogP contribution in [0.5, 0.6) is 5.75 Å². The van der Waals surface area contributed by atoms with E-state index in [-0.39, 0.29) is 30.1 Å². The predicted molar refractivity (Wildman–Crippen MR) is 124 cm³/mol. The van der Waals surface area contributed by atoms with E-state index in [4.69, 9.17) is 9.47 Å². The molecule has 2 aromatic rings. The van der Waals surface area contributed by atoms with Crippen LogP contribution in [0.1, 0.15) is 64.7 Å². The Kier molecular flexibility index (Phi) is 9.13. The van der Waals surface area contributed by atoms with Gasteiger partial charge in [0.1, 0.15) is 12.4 Å². The van der Waals surface area contributed by atoms with Gasteiger partial charge in [-0.05, 0) is 49.9 Å². The van der Waals surface area contributed by atoms with E-state index in [9.17, 15) is 14.4 Å². The molecule has 3 rings (SSSR count). The Morgan fingerprint density at radius 2 is 1.88 bits per heavy atom. The van der Waals surface area contributed by atoms with Crippen LogP contribution >= 0.6 is 0 Å². The van der Waals surface area contributed by atoms with Crippen molar-refractivity contribution < 1.29 is 19.1 Å². The molecule has 1 fully saturated rings. The number of nitrogens with zero attached hydrogens (tertiary/aromatic N) is 1. The topological polar surface area (TPSA) is 88.7 Å².